The highest BCUT2D eigenvalue weighted by atomic mass is 14.7. The number of pyridine rings is 2. The van der Waals surface area contributed by atoms with Crippen molar-refractivity contribution in [2.45, 2.75) is 19.3 Å². The molecule has 0 aliphatic carbocycles. The van der Waals surface area contributed by atoms with Crippen molar-refractivity contribution in [3.8, 4) is 35.8 Å². The van der Waals surface area contributed by atoms with Gasteiger partial charge in [0.15, 0.2) is 0 Å². The Bertz CT molecular complexity index is 817. The van der Waals surface area contributed by atoms with Crippen LogP contribution in [0.5, 0.6) is 0 Å². The van der Waals surface area contributed by atoms with Crippen LogP contribution in [0.4, 0.5) is 0 Å². The van der Waals surface area contributed by atoms with Crippen molar-refractivity contribution in [1.82, 2.24) is 9.97 Å². The van der Waals surface area contributed by atoms with E-state index in [1.165, 1.54) is 0 Å². The minimum absolute atomic E-state index is 0.370. The van der Waals surface area contributed by atoms with E-state index in [4.69, 9.17) is 10.5 Å². The molecule has 0 unspecified atom stereocenters. The molecule has 2 aromatic heterocycles. The highest BCUT2D eigenvalue weighted by molar-refractivity contribution is 5.33. The number of aromatic nitrogens is 2. The molecule has 0 bridgehead atoms. The molecule has 0 atom stereocenters. The minimum Gasteiger partial charge on any atom is -0.229 e. The molecule has 108 valence electrons. The highest BCUT2D eigenvalue weighted by Gasteiger charge is 1.93. The third-order valence-corrected chi connectivity index (χ3v) is 2.76. The lowest BCUT2D eigenvalue weighted by atomic mass is 10.2. The fraction of sp³-hybridized carbons (Fsp3) is 0.158. The molecule has 2 aromatic rings. The van der Waals surface area contributed by atoms with Gasteiger partial charge in [0.25, 0.3) is 0 Å². The number of nitrogens with zero attached hydrogens (tertiary/aromatic N) is 4. The van der Waals surface area contributed by atoms with Crippen molar-refractivity contribution in [1.29, 1.82) is 10.5 Å². The summed E-state index contributed by atoms with van der Waals surface area (Å²) < 4.78 is 0. The molecule has 0 aliphatic rings. The van der Waals surface area contributed by atoms with Crippen LogP contribution >= 0.6 is 0 Å². The SMILES string of the molecule is N#Cc1cccc(C#CCCCC#Cc2cccc(C#N)n2)n1. The van der Waals surface area contributed by atoms with Gasteiger partial charge in [0, 0.05) is 12.8 Å². The summed E-state index contributed by atoms with van der Waals surface area (Å²) in [5.41, 5.74) is 1.95. The van der Waals surface area contributed by atoms with Crippen LogP contribution in [-0.2, 0) is 0 Å². The molecule has 0 aromatic carbocycles. The molecule has 0 radical (unpaired) electrons. The Kier molecular flexibility index (Phi) is 5.93. The average Bonchev–Trinajstić information content (AvgIpc) is 2.61. The van der Waals surface area contributed by atoms with Crippen LogP contribution in [0.3, 0.4) is 0 Å². The Morgan fingerprint density at radius 3 is 1.57 bits per heavy atom. The van der Waals surface area contributed by atoms with Gasteiger partial charge in [-0.2, -0.15) is 10.5 Å². The van der Waals surface area contributed by atoms with E-state index in [1.54, 1.807) is 36.4 Å². The second-order valence-electron chi connectivity index (χ2n) is 4.50. The molecule has 0 fully saturated rings. The van der Waals surface area contributed by atoms with Gasteiger partial charge in [-0.05, 0) is 42.5 Å². The Balaban J connectivity index is 1.81. The van der Waals surface area contributed by atoms with Crippen molar-refractivity contribution >= 4 is 0 Å². The van der Waals surface area contributed by atoms with Crippen LogP contribution in [0.1, 0.15) is 42.0 Å². The molecule has 4 nitrogen and oxygen atoms in total. The number of unbranched alkanes of at least 4 members (excludes halogenated alkanes) is 2. The molecule has 0 amide bonds. The van der Waals surface area contributed by atoms with Gasteiger partial charge in [-0.25, -0.2) is 9.97 Å². The molecule has 2 rings (SSSR count). The largest absolute Gasteiger partial charge is 0.229 e. The zero-order chi connectivity index (χ0) is 16.3. The third kappa shape index (κ3) is 5.35. The minimum atomic E-state index is 0.370. The van der Waals surface area contributed by atoms with Gasteiger partial charge in [0.05, 0.1) is 0 Å². The fourth-order valence-electron chi connectivity index (χ4n) is 1.70. The van der Waals surface area contributed by atoms with Gasteiger partial charge in [0.2, 0.25) is 0 Å². The molecule has 0 spiro atoms. The lowest BCUT2D eigenvalue weighted by Crippen LogP contribution is -1.86. The summed E-state index contributed by atoms with van der Waals surface area (Å²) in [4.78, 5) is 8.17. The summed E-state index contributed by atoms with van der Waals surface area (Å²) in [5.74, 6) is 11.9. The third-order valence-electron chi connectivity index (χ3n) is 2.76. The fourth-order valence-corrected chi connectivity index (χ4v) is 1.70. The van der Waals surface area contributed by atoms with Gasteiger partial charge >= 0.3 is 0 Å². The molecule has 23 heavy (non-hydrogen) atoms. The molecule has 0 saturated heterocycles. The summed E-state index contributed by atoms with van der Waals surface area (Å²) in [5, 5.41) is 17.5. The number of nitriles is 2. The summed E-state index contributed by atoms with van der Waals surface area (Å²) in [6.45, 7) is 0. The van der Waals surface area contributed by atoms with Gasteiger partial charge in [0.1, 0.15) is 34.9 Å². The quantitative estimate of drug-likeness (QED) is 0.631. The molecular weight excluding hydrogens is 284 g/mol. The maximum atomic E-state index is 8.76. The van der Waals surface area contributed by atoms with Gasteiger partial charge in [-0.1, -0.05) is 24.0 Å². The van der Waals surface area contributed by atoms with E-state index in [9.17, 15) is 0 Å². The summed E-state index contributed by atoms with van der Waals surface area (Å²) in [7, 11) is 0. The summed E-state index contributed by atoms with van der Waals surface area (Å²) in [6.07, 6.45) is 2.26. The van der Waals surface area contributed by atoms with Gasteiger partial charge in [-0.3, -0.25) is 0 Å². The van der Waals surface area contributed by atoms with Crippen LogP contribution in [0, 0.1) is 46.3 Å². The van der Waals surface area contributed by atoms with Crippen LogP contribution < -0.4 is 0 Å². The Hall–Kier alpha value is -3.60. The van der Waals surface area contributed by atoms with Gasteiger partial charge in [-0.15, -0.1) is 0 Å². The zero-order valence-corrected chi connectivity index (χ0v) is 12.4. The summed E-state index contributed by atoms with van der Waals surface area (Å²) >= 11 is 0. The first-order valence-corrected chi connectivity index (χ1v) is 7.04. The van der Waals surface area contributed by atoms with Crippen molar-refractivity contribution in [3.05, 3.63) is 59.2 Å². The van der Waals surface area contributed by atoms with Crippen LogP contribution in [-0.4, -0.2) is 9.97 Å². The first-order chi connectivity index (χ1) is 11.3. The molecule has 0 N–H and O–H groups in total. The van der Waals surface area contributed by atoms with E-state index in [0.29, 0.717) is 35.6 Å². The maximum Gasteiger partial charge on any atom is 0.141 e. The standard InChI is InChI=1S/C19H12N4/c20-14-18-12-6-10-16(22-18)8-4-2-1-3-5-9-17-11-7-13-19(15-21)23-17/h6-7,10-13H,1-3H2. The number of rotatable bonds is 2. The van der Waals surface area contributed by atoms with Crippen molar-refractivity contribution in [2.24, 2.45) is 0 Å². The molecule has 0 aliphatic heterocycles. The second kappa shape index (κ2) is 8.63. The molecule has 4 heteroatoms. The van der Waals surface area contributed by atoms with E-state index >= 15 is 0 Å². The van der Waals surface area contributed by atoms with Crippen molar-refractivity contribution in [2.75, 3.05) is 0 Å². The van der Waals surface area contributed by atoms with E-state index in [2.05, 4.69) is 33.6 Å². The smallest absolute Gasteiger partial charge is 0.141 e. The van der Waals surface area contributed by atoms with E-state index < -0.39 is 0 Å². The Morgan fingerprint density at radius 2 is 1.13 bits per heavy atom. The van der Waals surface area contributed by atoms with Crippen molar-refractivity contribution < 1.29 is 0 Å². The molecule has 0 saturated carbocycles. The van der Waals surface area contributed by atoms with E-state index in [0.717, 1.165) is 6.42 Å². The Morgan fingerprint density at radius 1 is 0.696 bits per heavy atom. The van der Waals surface area contributed by atoms with Crippen molar-refractivity contribution in [3.63, 3.8) is 0 Å². The molecule has 2 heterocycles. The zero-order valence-electron chi connectivity index (χ0n) is 12.4. The predicted octanol–water partition coefficient (Wildman–Crippen LogP) is 2.79. The lowest BCUT2D eigenvalue weighted by Gasteiger charge is -1.90. The van der Waals surface area contributed by atoms with Crippen LogP contribution in [0.25, 0.3) is 0 Å². The number of hydrogen-bond acceptors (Lipinski definition) is 4. The average molecular weight is 296 g/mol. The molecular formula is C19H12N4. The van der Waals surface area contributed by atoms with E-state index in [-0.39, 0.29) is 0 Å². The highest BCUT2D eigenvalue weighted by Crippen LogP contribution is 1.99. The topological polar surface area (TPSA) is 73.4 Å². The predicted molar refractivity (Wildman–Crippen MR) is 85.5 cm³/mol. The van der Waals surface area contributed by atoms with Crippen LogP contribution in [0.2, 0.25) is 0 Å². The normalized spacial score (nSPS) is 8.61. The monoisotopic (exact) mass is 296 g/mol. The maximum absolute atomic E-state index is 8.76. The summed E-state index contributed by atoms with van der Waals surface area (Å²) in [6, 6.07) is 14.4. The number of hydrogen-bond donors (Lipinski definition) is 0. The van der Waals surface area contributed by atoms with Crippen LogP contribution in [0.15, 0.2) is 36.4 Å². The first kappa shape index (κ1) is 15.8. The van der Waals surface area contributed by atoms with E-state index in [1.807, 2.05) is 12.1 Å². The van der Waals surface area contributed by atoms with Gasteiger partial charge < -0.3 is 0 Å². The Labute approximate surface area is 135 Å². The second-order valence-corrected chi connectivity index (χ2v) is 4.50. The first-order valence-electron chi connectivity index (χ1n) is 7.04. The lowest BCUT2D eigenvalue weighted by molar-refractivity contribution is 0.903.